The van der Waals surface area contributed by atoms with Crippen molar-refractivity contribution >= 4 is 17.7 Å². The lowest BCUT2D eigenvalue weighted by molar-refractivity contribution is -0.128. The summed E-state index contributed by atoms with van der Waals surface area (Å²) < 4.78 is 0. The van der Waals surface area contributed by atoms with Gasteiger partial charge in [-0.2, -0.15) is 4.98 Å². The quantitative estimate of drug-likeness (QED) is 0.518. The third-order valence-electron chi connectivity index (χ3n) is 2.86. The standard InChI is InChI=1S/C11H18N6O/c1-8-6-9(15-11(14-8)16-12)13-7-10(18)17-4-2-3-5-17/h6H,2-5,7,12H2,1H3,(H2,13,14,15,16). The lowest BCUT2D eigenvalue weighted by Crippen LogP contribution is -2.33. The monoisotopic (exact) mass is 250 g/mol. The fourth-order valence-corrected chi connectivity index (χ4v) is 1.97. The zero-order valence-electron chi connectivity index (χ0n) is 10.4. The summed E-state index contributed by atoms with van der Waals surface area (Å²) in [5.41, 5.74) is 3.18. The van der Waals surface area contributed by atoms with E-state index in [0.29, 0.717) is 11.8 Å². The highest BCUT2D eigenvalue weighted by atomic mass is 16.2. The average molecular weight is 250 g/mol. The van der Waals surface area contributed by atoms with E-state index in [1.54, 1.807) is 6.07 Å². The van der Waals surface area contributed by atoms with Gasteiger partial charge in [0.1, 0.15) is 5.82 Å². The zero-order chi connectivity index (χ0) is 13.0. The van der Waals surface area contributed by atoms with Crippen LogP contribution in [0.4, 0.5) is 11.8 Å². The predicted octanol–water partition coefficient (Wildman–Crippen LogP) is 0.105. The molecule has 0 aliphatic carbocycles. The summed E-state index contributed by atoms with van der Waals surface area (Å²) in [6, 6.07) is 1.78. The number of rotatable bonds is 4. The molecule has 4 N–H and O–H groups in total. The first-order valence-corrected chi connectivity index (χ1v) is 6.03. The first kappa shape index (κ1) is 12.6. The van der Waals surface area contributed by atoms with E-state index in [9.17, 15) is 4.79 Å². The Hall–Kier alpha value is -1.89. The molecule has 0 saturated carbocycles. The van der Waals surface area contributed by atoms with Gasteiger partial charge in [-0.05, 0) is 19.8 Å². The van der Waals surface area contributed by atoms with E-state index in [0.717, 1.165) is 31.6 Å². The number of anilines is 2. The summed E-state index contributed by atoms with van der Waals surface area (Å²) in [5.74, 6) is 6.31. The number of nitrogens with two attached hydrogens (primary N) is 1. The number of hydrogen-bond acceptors (Lipinski definition) is 6. The van der Waals surface area contributed by atoms with Crippen molar-refractivity contribution in [2.75, 3.05) is 30.4 Å². The Balaban J connectivity index is 1.92. The number of hydrazine groups is 1. The molecule has 98 valence electrons. The normalized spacial score (nSPS) is 14.7. The number of nitrogen functional groups attached to an aromatic ring is 1. The van der Waals surface area contributed by atoms with Crippen LogP contribution < -0.4 is 16.6 Å². The van der Waals surface area contributed by atoms with Gasteiger partial charge >= 0.3 is 0 Å². The minimum atomic E-state index is 0.103. The molecule has 0 aromatic carbocycles. The largest absolute Gasteiger partial charge is 0.361 e. The number of aromatic nitrogens is 2. The van der Waals surface area contributed by atoms with E-state index in [-0.39, 0.29) is 12.5 Å². The fraction of sp³-hybridized carbons (Fsp3) is 0.545. The Labute approximate surface area is 106 Å². The molecular formula is C11H18N6O. The van der Waals surface area contributed by atoms with Crippen LogP contribution in [0.15, 0.2) is 6.07 Å². The topological polar surface area (TPSA) is 96.2 Å². The Morgan fingerprint density at radius 1 is 1.44 bits per heavy atom. The average Bonchev–Trinajstić information content (AvgIpc) is 2.89. The van der Waals surface area contributed by atoms with E-state index < -0.39 is 0 Å². The van der Waals surface area contributed by atoms with E-state index in [1.807, 2.05) is 11.8 Å². The van der Waals surface area contributed by atoms with Crippen molar-refractivity contribution in [3.8, 4) is 0 Å². The smallest absolute Gasteiger partial charge is 0.241 e. The molecule has 7 nitrogen and oxygen atoms in total. The number of carbonyl (C=O) groups excluding carboxylic acids is 1. The van der Waals surface area contributed by atoms with Crippen molar-refractivity contribution in [2.45, 2.75) is 19.8 Å². The first-order valence-electron chi connectivity index (χ1n) is 6.03. The van der Waals surface area contributed by atoms with Gasteiger partial charge in [0.05, 0.1) is 6.54 Å². The SMILES string of the molecule is Cc1cc(NCC(=O)N2CCCC2)nc(NN)n1. The molecule has 0 unspecified atom stereocenters. The second-order valence-electron chi connectivity index (χ2n) is 4.30. The van der Waals surface area contributed by atoms with Gasteiger partial charge in [0.25, 0.3) is 0 Å². The van der Waals surface area contributed by atoms with Crippen LogP contribution in [-0.2, 0) is 4.79 Å². The maximum Gasteiger partial charge on any atom is 0.241 e. The molecule has 7 heteroatoms. The maximum absolute atomic E-state index is 11.8. The number of aryl methyl sites for hydroxylation is 1. The van der Waals surface area contributed by atoms with E-state index in [2.05, 4.69) is 20.7 Å². The molecule has 1 aliphatic heterocycles. The van der Waals surface area contributed by atoms with Crippen LogP contribution >= 0.6 is 0 Å². The minimum absolute atomic E-state index is 0.103. The van der Waals surface area contributed by atoms with E-state index in [1.165, 1.54) is 0 Å². The number of nitrogens with one attached hydrogen (secondary N) is 2. The van der Waals surface area contributed by atoms with Crippen LogP contribution in [0, 0.1) is 6.92 Å². The highest BCUT2D eigenvalue weighted by molar-refractivity contribution is 5.80. The Kier molecular flexibility index (Phi) is 3.93. The fourth-order valence-electron chi connectivity index (χ4n) is 1.97. The molecule has 1 aliphatic rings. The Bertz CT molecular complexity index is 430. The van der Waals surface area contributed by atoms with E-state index >= 15 is 0 Å². The lowest BCUT2D eigenvalue weighted by atomic mass is 10.4. The van der Waals surface area contributed by atoms with E-state index in [4.69, 9.17) is 5.84 Å². The number of likely N-dealkylation sites (tertiary alicyclic amines) is 1. The maximum atomic E-state index is 11.8. The summed E-state index contributed by atoms with van der Waals surface area (Å²) in [4.78, 5) is 21.9. The highest BCUT2D eigenvalue weighted by Crippen LogP contribution is 2.10. The molecule has 1 aromatic rings. The van der Waals surface area contributed by atoms with Crippen molar-refractivity contribution in [1.82, 2.24) is 14.9 Å². The first-order chi connectivity index (χ1) is 8.69. The van der Waals surface area contributed by atoms with Crippen LogP contribution in [0.2, 0.25) is 0 Å². The summed E-state index contributed by atoms with van der Waals surface area (Å²) in [6.07, 6.45) is 2.19. The molecule has 2 rings (SSSR count). The lowest BCUT2D eigenvalue weighted by Gasteiger charge is -2.15. The molecule has 1 fully saturated rings. The molecule has 0 atom stereocenters. The summed E-state index contributed by atoms with van der Waals surface area (Å²) in [7, 11) is 0. The third-order valence-corrected chi connectivity index (χ3v) is 2.86. The van der Waals surface area contributed by atoms with Crippen LogP contribution in [-0.4, -0.2) is 40.4 Å². The van der Waals surface area contributed by atoms with Gasteiger partial charge in [0.2, 0.25) is 11.9 Å². The van der Waals surface area contributed by atoms with Crippen molar-refractivity contribution in [3.05, 3.63) is 11.8 Å². The summed E-state index contributed by atoms with van der Waals surface area (Å²) in [5, 5.41) is 3.00. The van der Waals surface area contributed by atoms with Crippen molar-refractivity contribution in [1.29, 1.82) is 0 Å². The zero-order valence-corrected chi connectivity index (χ0v) is 10.4. The third kappa shape index (κ3) is 3.07. The van der Waals surface area contributed by atoms with Gasteiger partial charge in [-0.3, -0.25) is 10.2 Å². The molecule has 0 radical (unpaired) electrons. The van der Waals surface area contributed by atoms with Crippen LogP contribution in [0.1, 0.15) is 18.5 Å². The number of carbonyl (C=O) groups is 1. The van der Waals surface area contributed by atoms with Crippen LogP contribution in [0.3, 0.4) is 0 Å². The molecular weight excluding hydrogens is 232 g/mol. The summed E-state index contributed by atoms with van der Waals surface area (Å²) >= 11 is 0. The number of amides is 1. The molecule has 0 spiro atoms. The van der Waals surface area contributed by atoms with Gasteiger partial charge in [-0.25, -0.2) is 10.8 Å². The molecule has 18 heavy (non-hydrogen) atoms. The van der Waals surface area contributed by atoms with Gasteiger partial charge in [0.15, 0.2) is 0 Å². The second-order valence-corrected chi connectivity index (χ2v) is 4.30. The van der Waals surface area contributed by atoms with Crippen LogP contribution in [0.5, 0.6) is 0 Å². The van der Waals surface area contributed by atoms with Crippen molar-refractivity contribution < 1.29 is 4.79 Å². The van der Waals surface area contributed by atoms with Crippen molar-refractivity contribution in [3.63, 3.8) is 0 Å². The van der Waals surface area contributed by atoms with Gasteiger partial charge < -0.3 is 10.2 Å². The Morgan fingerprint density at radius 2 is 2.17 bits per heavy atom. The van der Waals surface area contributed by atoms with Crippen molar-refractivity contribution in [2.24, 2.45) is 5.84 Å². The number of nitrogens with zero attached hydrogens (tertiary/aromatic N) is 3. The molecule has 1 aromatic heterocycles. The highest BCUT2D eigenvalue weighted by Gasteiger charge is 2.17. The second kappa shape index (κ2) is 5.63. The van der Waals surface area contributed by atoms with Gasteiger partial charge in [-0.1, -0.05) is 0 Å². The molecule has 1 amide bonds. The van der Waals surface area contributed by atoms with Crippen LogP contribution in [0.25, 0.3) is 0 Å². The van der Waals surface area contributed by atoms with Gasteiger partial charge in [-0.15, -0.1) is 0 Å². The molecule has 2 heterocycles. The minimum Gasteiger partial charge on any atom is -0.361 e. The Morgan fingerprint density at radius 3 is 2.83 bits per heavy atom. The number of hydrogen-bond donors (Lipinski definition) is 3. The van der Waals surface area contributed by atoms with Gasteiger partial charge in [0, 0.05) is 24.8 Å². The predicted molar refractivity (Wildman–Crippen MR) is 68.9 cm³/mol. The molecule has 1 saturated heterocycles. The molecule has 0 bridgehead atoms. The summed E-state index contributed by atoms with van der Waals surface area (Å²) in [6.45, 7) is 3.81.